The van der Waals surface area contributed by atoms with Crippen LogP contribution in [0, 0.1) is 0 Å². The quantitative estimate of drug-likeness (QED) is 0.453. The van der Waals surface area contributed by atoms with Gasteiger partial charge in [-0.15, -0.1) is 0 Å². The van der Waals surface area contributed by atoms with E-state index in [-0.39, 0.29) is 12.2 Å². The second-order valence-electron chi connectivity index (χ2n) is 5.01. The molecule has 1 heterocycles. The average Bonchev–Trinajstić information content (AvgIpc) is 2.65. The summed E-state index contributed by atoms with van der Waals surface area (Å²) < 4.78 is 15.9. The molecule has 3 aromatic rings. The molecular formula is C18H15NO5. The minimum absolute atomic E-state index is 0.0153. The smallest absolute Gasteiger partial charge is 0.338 e. The number of methoxy groups -OCH3 is 1. The maximum atomic E-state index is 12.1. The van der Waals surface area contributed by atoms with Crippen LogP contribution in [0.2, 0.25) is 0 Å². The molecule has 0 bridgehead atoms. The molecule has 0 fully saturated rings. The Kier molecular flexibility index (Phi) is 4.47. The number of rotatable bonds is 4. The monoisotopic (exact) mass is 325 g/mol. The van der Waals surface area contributed by atoms with E-state index < -0.39 is 5.97 Å². The Morgan fingerprint density at radius 1 is 1.17 bits per heavy atom. The fourth-order valence-electron chi connectivity index (χ4n) is 2.32. The zero-order chi connectivity index (χ0) is 16.9. The molecule has 0 unspecified atom stereocenters. The van der Waals surface area contributed by atoms with E-state index in [9.17, 15) is 4.79 Å². The first-order chi connectivity index (χ1) is 11.7. The van der Waals surface area contributed by atoms with Gasteiger partial charge < -0.3 is 19.1 Å². The molecule has 0 atom stereocenters. The summed E-state index contributed by atoms with van der Waals surface area (Å²) in [5.41, 5.74) is 1.61. The number of ether oxygens (including phenoxy) is 2. The average molecular weight is 325 g/mol. The zero-order valence-corrected chi connectivity index (χ0v) is 12.9. The van der Waals surface area contributed by atoms with Crippen molar-refractivity contribution in [2.75, 3.05) is 7.11 Å². The van der Waals surface area contributed by atoms with Crippen LogP contribution in [-0.2, 0) is 11.3 Å². The van der Waals surface area contributed by atoms with Crippen molar-refractivity contribution < 1.29 is 23.9 Å². The molecule has 0 amide bonds. The topological polar surface area (TPSA) is 81.3 Å². The lowest BCUT2D eigenvalue weighted by molar-refractivity contribution is 0.0473. The number of fused-ring (bicyclic) bond motifs is 1. The SMILES string of the molecule is COc1ccc2c(COC(=O)c3ccccc3)c/c(=N/O)oc2c1. The molecule has 0 radical (unpaired) electrons. The second-order valence-corrected chi connectivity index (χ2v) is 5.01. The predicted octanol–water partition coefficient (Wildman–Crippen LogP) is 3.09. The van der Waals surface area contributed by atoms with Crippen LogP contribution < -0.4 is 10.3 Å². The van der Waals surface area contributed by atoms with E-state index in [0.717, 1.165) is 5.39 Å². The summed E-state index contributed by atoms with van der Waals surface area (Å²) in [7, 11) is 1.55. The standard InChI is InChI=1S/C18H15NO5/c1-22-14-7-8-15-13(9-17(19-21)24-16(15)10-14)11-23-18(20)12-5-3-2-4-6-12/h2-10,21H,11H2,1H3/b19-17-. The van der Waals surface area contributed by atoms with Crippen LogP contribution in [-0.4, -0.2) is 18.3 Å². The summed E-state index contributed by atoms with van der Waals surface area (Å²) in [6, 6.07) is 15.5. The molecule has 0 spiro atoms. The molecule has 122 valence electrons. The maximum Gasteiger partial charge on any atom is 0.338 e. The van der Waals surface area contributed by atoms with E-state index in [1.165, 1.54) is 6.07 Å². The number of hydrogen-bond acceptors (Lipinski definition) is 6. The summed E-state index contributed by atoms with van der Waals surface area (Å²) in [4.78, 5) is 12.1. The van der Waals surface area contributed by atoms with Gasteiger partial charge in [-0.1, -0.05) is 18.2 Å². The van der Waals surface area contributed by atoms with Gasteiger partial charge in [0, 0.05) is 23.1 Å². The van der Waals surface area contributed by atoms with Gasteiger partial charge in [0.1, 0.15) is 17.9 Å². The van der Waals surface area contributed by atoms with Gasteiger partial charge in [0.25, 0.3) is 5.55 Å². The number of hydrogen-bond donors (Lipinski definition) is 1. The number of carbonyl (C=O) groups is 1. The van der Waals surface area contributed by atoms with E-state index in [1.54, 1.807) is 49.6 Å². The third-order valence-corrected chi connectivity index (χ3v) is 3.51. The molecule has 0 aliphatic rings. The maximum absolute atomic E-state index is 12.1. The normalized spacial score (nSPS) is 11.5. The van der Waals surface area contributed by atoms with Crippen LogP contribution in [0.5, 0.6) is 5.75 Å². The van der Waals surface area contributed by atoms with Crippen molar-refractivity contribution >= 4 is 16.9 Å². The molecule has 24 heavy (non-hydrogen) atoms. The molecule has 2 aromatic carbocycles. The first kappa shape index (κ1) is 15.6. The summed E-state index contributed by atoms with van der Waals surface area (Å²) in [6.07, 6.45) is 0. The molecule has 0 aliphatic carbocycles. The highest BCUT2D eigenvalue weighted by Crippen LogP contribution is 2.23. The van der Waals surface area contributed by atoms with E-state index in [2.05, 4.69) is 5.16 Å². The third kappa shape index (κ3) is 3.22. The van der Waals surface area contributed by atoms with Crippen molar-refractivity contribution in [1.29, 1.82) is 0 Å². The lowest BCUT2D eigenvalue weighted by Crippen LogP contribution is -2.08. The molecule has 0 aliphatic heterocycles. The lowest BCUT2D eigenvalue weighted by Gasteiger charge is -2.08. The predicted molar refractivity (Wildman–Crippen MR) is 85.7 cm³/mol. The van der Waals surface area contributed by atoms with Crippen LogP contribution in [0.4, 0.5) is 0 Å². The van der Waals surface area contributed by atoms with Gasteiger partial charge in [-0.3, -0.25) is 0 Å². The first-order valence-electron chi connectivity index (χ1n) is 7.22. The van der Waals surface area contributed by atoms with Crippen molar-refractivity contribution in [3.8, 4) is 5.75 Å². The summed E-state index contributed by atoms with van der Waals surface area (Å²) >= 11 is 0. The zero-order valence-electron chi connectivity index (χ0n) is 12.9. The highest BCUT2D eigenvalue weighted by molar-refractivity contribution is 5.89. The Balaban J connectivity index is 1.92. The van der Waals surface area contributed by atoms with E-state index in [4.69, 9.17) is 19.1 Å². The van der Waals surface area contributed by atoms with Crippen LogP contribution in [0.3, 0.4) is 0 Å². The molecule has 6 heteroatoms. The minimum Gasteiger partial charge on any atom is -0.497 e. The minimum atomic E-state index is -0.430. The van der Waals surface area contributed by atoms with Crippen molar-refractivity contribution in [1.82, 2.24) is 0 Å². The third-order valence-electron chi connectivity index (χ3n) is 3.51. The van der Waals surface area contributed by atoms with Gasteiger partial charge in [-0.2, -0.15) is 0 Å². The van der Waals surface area contributed by atoms with Gasteiger partial charge in [-0.05, 0) is 29.4 Å². The molecular weight excluding hydrogens is 310 g/mol. The molecule has 1 aromatic heterocycles. The van der Waals surface area contributed by atoms with Gasteiger partial charge in [0.2, 0.25) is 0 Å². The molecule has 0 saturated carbocycles. The van der Waals surface area contributed by atoms with Crippen LogP contribution in [0.25, 0.3) is 11.0 Å². The molecule has 0 saturated heterocycles. The van der Waals surface area contributed by atoms with E-state index >= 15 is 0 Å². The number of nitrogens with zero attached hydrogens (tertiary/aromatic N) is 1. The van der Waals surface area contributed by atoms with Crippen LogP contribution in [0.15, 0.2) is 64.2 Å². The Bertz CT molecular complexity index is 931. The summed E-state index contributed by atoms with van der Waals surface area (Å²) in [5.74, 6) is 0.175. The largest absolute Gasteiger partial charge is 0.497 e. The highest BCUT2D eigenvalue weighted by Gasteiger charge is 2.10. The van der Waals surface area contributed by atoms with Crippen molar-refractivity contribution in [2.45, 2.75) is 6.61 Å². The Hall–Kier alpha value is -3.28. The molecule has 6 nitrogen and oxygen atoms in total. The van der Waals surface area contributed by atoms with Crippen LogP contribution in [0.1, 0.15) is 15.9 Å². The number of benzene rings is 2. The van der Waals surface area contributed by atoms with Crippen molar-refractivity contribution in [3.05, 3.63) is 71.3 Å². The van der Waals surface area contributed by atoms with Gasteiger partial charge in [-0.25, -0.2) is 4.79 Å². The molecule has 3 rings (SSSR count). The summed E-state index contributed by atoms with van der Waals surface area (Å²) in [5, 5.41) is 12.8. The Labute approximate surface area is 137 Å². The second kappa shape index (κ2) is 6.87. The van der Waals surface area contributed by atoms with E-state index in [1.807, 2.05) is 6.07 Å². The fourth-order valence-corrected chi connectivity index (χ4v) is 2.32. The van der Waals surface area contributed by atoms with Crippen LogP contribution >= 0.6 is 0 Å². The molecule has 1 N–H and O–H groups in total. The lowest BCUT2D eigenvalue weighted by atomic mass is 10.1. The van der Waals surface area contributed by atoms with Gasteiger partial charge in [0.05, 0.1) is 12.7 Å². The van der Waals surface area contributed by atoms with Gasteiger partial charge >= 0.3 is 5.97 Å². The highest BCUT2D eigenvalue weighted by atomic mass is 16.5. The van der Waals surface area contributed by atoms with E-state index in [0.29, 0.717) is 22.5 Å². The van der Waals surface area contributed by atoms with Crippen molar-refractivity contribution in [3.63, 3.8) is 0 Å². The Morgan fingerprint density at radius 3 is 2.67 bits per heavy atom. The Morgan fingerprint density at radius 2 is 1.96 bits per heavy atom. The fraction of sp³-hybridized carbons (Fsp3) is 0.111. The van der Waals surface area contributed by atoms with Crippen molar-refractivity contribution in [2.24, 2.45) is 5.16 Å². The summed E-state index contributed by atoms with van der Waals surface area (Å²) in [6.45, 7) is 0.0233. The first-order valence-corrected chi connectivity index (χ1v) is 7.22. The number of carbonyl (C=O) groups excluding carboxylic acids is 1. The number of esters is 1. The van der Waals surface area contributed by atoms with Gasteiger partial charge in [0.15, 0.2) is 0 Å².